The second-order valence-electron chi connectivity index (χ2n) is 5.00. The average molecular weight is 352 g/mol. The molecule has 24 heavy (non-hydrogen) atoms. The molecule has 1 aliphatic heterocycles. The molecule has 0 radical (unpaired) electrons. The third kappa shape index (κ3) is 3.62. The van der Waals surface area contributed by atoms with E-state index in [2.05, 4.69) is 10.3 Å². The van der Waals surface area contributed by atoms with E-state index in [9.17, 15) is 9.59 Å². The van der Waals surface area contributed by atoms with Gasteiger partial charge in [-0.2, -0.15) is 4.98 Å². The summed E-state index contributed by atoms with van der Waals surface area (Å²) in [5.41, 5.74) is -0.209. The van der Waals surface area contributed by atoms with Gasteiger partial charge in [-0.1, -0.05) is 11.6 Å². The van der Waals surface area contributed by atoms with Crippen LogP contribution in [0.3, 0.4) is 0 Å². The minimum Gasteiger partial charge on any atom is -0.391 e. The Labute approximate surface area is 141 Å². The van der Waals surface area contributed by atoms with Gasteiger partial charge in [0.25, 0.3) is 5.91 Å². The van der Waals surface area contributed by atoms with E-state index in [0.29, 0.717) is 10.6 Å². The molecular weight excluding hydrogens is 338 g/mol. The lowest BCUT2D eigenvalue weighted by Gasteiger charge is -2.12. The van der Waals surface area contributed by atoms with E-state index >= 15 is 0 Å². The lowest BCUT2D eigenvalue weighted by molar-refractivity contribution is -0.0992. The topological polar surface area (TPSA) is 103 Å². The minimum atomic E-state index is -0.758. The molecule has 3 rings (SSSR count). The van der Waals surface area contributed by atoms with Crippen molar-refractivity contribution in [2.24, 2.45) is 0 Å². The lowest BCUT2D eigenvalue weighted by atomic mass is 10.2. The largest absolute Gasteiger partial charge is 0.391 e. The first-order valence-corrected chi connectivity index (χ1v) is 7.48. The molecule has 1 amide bonds. The van der Waals surface area contributed by atoms with E-state index in [1.807, 2.05) is 0 Å². The lowest BCUT2D eigenvalue weighted by Crippen LogP contribution is -2.29. The van der Waals surface area contributed by atoms with Gasteiger partial charge in [-0.3, -0.25) is 9.36 Å². The van der Waals surface area contributed by atoms with Gasteiger partial charge in [0.15, 0.2) is 12.5 Å². The van der Waals surface area contributed by atoms with E-state index in [1.165, 1.54) is 16.8 Å². The number of hydrogen-bond acceptors (Lipinski definition) is 6. The summed E-state index contributed by atoms with van der Waals surface area (Å²) in [6.07, 6.45) is 0.0231. The maximum Gasteiger partial charge on any atom is 0.351 e. The van der Waals surface area contributed by atoms with Crippen LogP contribution in [0.4, 0.5) is 5.82 Å². The molecule has 2 unspecified atom stereocenters. The molecule has 2 atom stereocenters. The van der Waals surface area contributed by atoms with Crippen LogP contribution in [0.2, 0.25) is 5.02 Å². The summed E-state index contributed by atoms with van der Waals surface area (Å²) in [5.74, 6) is -0.286. The molecule has 8 nitrogen and oxygen atoms in total. The van der Waals surface area contributed by atoms with E-state index in [-0.39, 0.29) is 19.0 Å². The van der Waals surface area contributed by atoms with Gasteiger partial charge in [0, 0.05) is 16.8 Å². The Morgan fingerprint density at radius 2 is 2.12 bits per heavy atom. The van der Waals surface area contributed by atoms with E-state index in [0.717, 1.165) is 0 Å². The van der Waals surface area contributed by atoms with Gasteiger partial charge < -0.3 is 19.9 Å². The van der Waals surface area contributed by atoms with Crippen LogP contribution in [-0.2, 0) is 9.47 Å². The highest BCUT2D eigenvalue weighted by Crippen LogP contribution is 2.19. The quantitative estimate of drug-likeness (QED) is 0.852. The first kappa shape index (κ1) is 16.6. The summed E-state index contributed by atoms with van der Waals surface area (Å²) < 4.78 is 11.7. The van der Waals surface area contributed by atoms with Gasteiger partial charge in [-0.05, 0) is 30.3 Å². The number of carbonyl (C=O) groups excluding carboxylic acids is 1. The molecule has 2 N–H and O–H groups in total. The van der Waals surface area contributed by atoms with Crippen molar-refractivity contribution in [2.45, 2.75) is 12.5 Å². The molecule has 126 valence electrons. The predicted molar refractivity (Wildman–Crippen MR) is 84.9 cm³/mol. The molecule has 2 heterocycles. The summed E-state index contributed by atoms with van der Waals surface area (Å²) in [7, 11) is 0. The van der Waals surface area contributed by atoms with Crippen molar-refractivity contribution in [2.75, 3.05) is 18.5 Å². The Bertz CT molecular complexity index is 792. The number of anilines is 1. The van der Waals surface area contributed by atoms with Gasteiger partial charge in [0.05, 0.1) is 13.2 Å². The van der Waals surface area contributed by atoms with E-state index in [4.69, 9.17) is 26.2 Å². The van der Waals surface area contributed by atoms with Gasteiger partial charge in [0.2, 0.25) is 0 Å². The number of hydrogen-bond donors (Lipinski definition) is 2. The normalized spacial score (nSPS) is 20.1. The maximum absolute atomic E-state index is 12.1. The highest BCUT2D eigenvalue weighted by molar-refractivity contribution is 6.30. The fourth-order valence-corrected chi connectivity index (χ4v) is 2.30. The molecule has 1 aromatic heterocycles. The molecule has 1 aliphatic rings. The Morgan fingerprint density at radius 3 is 2.75 bits per heavy atom. The Morgan fingerprint density at radius 1 is 1.38 bits per heavy atom. The van der Waals surface area contributed by atoms with Crippen LogP contribution < -0.4 is 11.0 Å². The zero-order valence-electron chi connectivity index (χ0n) is 12.4. The van der Waals surface area contributed by atoms with Crippen LogP contribution in [0, 0.1) is 0 Å². The number of rotatable bonds is 4. The van der Waals surface area contributed by atoms with Crippen molar-refractivity contribution in [3.05, 3.63) is 57.6 Å². The number of ether oxygens (including phenoxy) is 2. The Balaban J connectivity index is 1.72. The summed E-state index contributed by atoms with van der Waals surface area (Å²) >= 11 is 5.77. The Kier molecular flexibility index (Phi) is 4.91. The minimum absolute atomic E-state index is 0.119. The van der Waals surface area contributed by atoms with Gasteiger partial charge in [0.1, 0.15) is 5.82 Å². The number of aromatic nitrogens is 2. The van der Waals surface area contributed by atoms with Crippen molar-refractivity contribution in [3.8, 4) is 0 Å². The molecule has 0 saturated carbocycles. The number of benzene rings is 1. The highest BCUT2D eigenvalue weighted by Gasteiger charge is 2.27. The number of nitrogens with zero attached hydrogens (tertiary/aromatic N) is 2. The van der Waals surface area contributed by atoms with E-state index < -0.39 is 24.1 Å². The Hall–Kier alpha value is -2.26. The van der Waals surface area contributed by atoms with Crippen LogP contribution >= 0.6 is 11.6 Å². The molecule has 2 aromatic rings. The summed E-state index contributed by atoms with van der Waals surface area (Å²) in [4.78, 5) is 28.0. The zero-order valence-corrected chi connectivity index (χ0v) is 13.1. The third-order valence-electron chi connectivity index (χ3n) is 3.37. The van der Waals surface area contributed by atoms with Crippen LogP contribution in [0.15, 0.2) is 41.3 Å². The van der Waals surface area contributed by atoms with Crippen molar-refractivity contribution < 1.29 is 19.4 Å². The second-order valence-corrected chi connectivity index (χ2v) is 5.44. The smallest absolute Gasteiger partial charge is 0.351 e. The van der Waals surface area contributed by atoms with Crippen molar-refractivity contribution in [1.29, 1.82) is 0 Å². The molecule has 0 spiro atoms. The highest BCUT2D eigenvalue weighted by atomic mass is 35.5. The number of aliphatic hydroxyl groups is 1. The summed E-state index contributed by atoms with van der Waals surface area (Å²) in [6, 6.07) is 7.80. The SMILES string of the molecule is O=C(Nc1ccn(C2COC(CO)O2)c(=O)n1)c1ccc(Cl)cc1. The number of nitrogens with one attached hydrogen (secondary N) is 1. The molecule has 9 heteroatoms. The summed E-state index contributed by atoms with van der Waals surface area (Å²) in [5, 5.41) is 12.0. The standard InChI is InChI=1S/C15H14ClN3O5/c16-10-3-1-9(2-4-10)14(21)17-11-5-6-19(15(22)18-11)12-8-23-13(7-20)24-12/h1-6,12-13,20H,7-8H2,(H,17,18,21,22). The van der Waals surface area contributed by atoms with Gasteiger partial charge in [-0.25, -0.2) is 4.79 Å². The van der Waals surface area contributed by atoms with E-state index in [1.54, 1.807) is 24.3 Å². The third-order valence-corrected chi connectivity index (χ3v) is 3.62. The van der Waals surface area contributed by atoms with Crippen molar-refractivity contribution >= 4 is 23.3 Å². The zero-order chi connectivity index (χ0) is 17.1. The number of aliphatic hydroxyl groups excluding tert-OH is 1. The molecule has 0 bridgehead atoms. The summed E-state index contributed by atoms with van der Waals surface area (Å²) in [6.45, 7) is -0.169. The molecule has 1 fully saturated rings. The maximum atomic E-state index is 12.1. The van der Waals surface area contributed by atoms with Crippen LogP contribution in [0.25, 0.3) is 0 Å². The molecular formula is C15H14ClN3O5. The number of halogens is 1. The average Bonchev–Trinajstić information content (AvgIpc) is 3.04. The fraction of sp³-hybridized carbons (Fsp3) is 0.267. The van der Waals surface area contributed by atoms with Crippen LogP contribution in [0.5, 0.6) is 0 Å². The molecule has 1 saturated heterocycles. The van der Waals surface area contributed by atoms with Crippen molar-refractivity contribution in [1.82, 2.24) is 9.55 Å². The number of amides is 1. The first-order valence-electron chi connectivity index (χ1n) is 7.11. The monoisotopic (exact) mass is 351 g/mol. The predicted octanol–water partition coefficient (Wildman–Crippen LogP) is 1.01. The second kappa shape index (κ2) is 7.10. The van der Waals surface area contributed by atoms with Gasteiger partial charge in [-0.15, -0.1) is 0 Å². The molecule has 1 aromatic carbocycles. The van der Waals surface area contributed by atoms with Crippen LogP contribution in [-0.4, -0.2) is 40.1 Å². The van der Waals surface area contributed by atoms with Crippen molar-refractivity contribution in [3.63, 3.8) is 0 Å². The fourth-order valence-electron chi connectivity index (χ4n) is 2.18. The first-order chi connectivity index (χ1) is 11.6. The molecule has 0 aliphatic carbocycles. The van der Waals surface area contributed by atoms with Crippen LogP contribution in [0.1, 0.15) is 16.6 Å². The van der Waals surface area contributed by atoms with Gasteiger partial charge >= 0.3 is 5.69 Å². The number of carbonyl (C=O) groups is 1.